The second-order valence-corrected chi connectivity index (χ2v) is 4.06. The average molecular weight is 243 g/mol. The van der Waals surface area contributed by atoms with Crippen molar-refractivity contribution in [1.29, 1.82) is 0 Å². The van der Waals surface area contributed by atoms with Gasteiger partial charge in [0.2, 0.25) is 0 Å². The molecule has 1 heterocycles. The molecule has 0 fully saturated rings. The Morgan fingerprint density at radius 2 is 2.38 bits per heavy atom. The summed E-state index contributed by atoms with van der Waals surface area (Å²) in [6.07, 6.45) is -0.459. The third-order valence-electron chi connectivity index (χ3n) is 1.96. The smallest absolute Gasteiger partial charge is 0.413 e. The molecule has 1 aromatic heterocycles. The minimum absolute atomic E-state index is 0.194. The van der Waals surface area contributed by atoms with Crippen LogP contribution in [0.15, 0.2) is 5.38 Å². The highest BCUT2D eigenvalue weighted by atomic mass is 32.1. The predicted octanol–water partition coefficient (Wildman–Crippen LogP) is 2.38. The monoisotopic (exact) mass is 243 g/mol. The molecule has 0 spiro atoms. The van der Waals surface area contributed by atoms with Gasteiger partial charge >= 0.3 is 6.09 Å². The van der Waals surface area contributed by atoms with E-state index in [-0.39, 0.29) is 6.04 Å². The minimum Gasteiger partial charge on any atom is -0.450 e. The van der Waals surface area contributed by atoms with Crippen molar-refractivity contribution in [3.63, 3.8) is 0 Å². The fourth-order valence-corrected chi connectivity index (χ4v) is 2.00. The molecule has 1 unspecified atom stereocenters. The number of nitrogens with one attached hydrogen (secondary N) is 2. The minimum atomic E-state index is -0.459. The molecule has 0 aliphatic heterocycles. The van der Waals surface area contributed by atoms with Gasteiger partial charge in [-0.05, 0) is 20.4 Å². The summed E-state index contributed by atoms with van der Waals surface area (Å²) in [6, 6.07) is 0.194. The van der Waals surface area contributed by atoms with Crippen molar-refractivity contribution in [2.75, 3.05) is 18.5 Å². The van der Waals surface area contributed by atoms with Crippen LogP contribution in [0, 0.1) is 0 Å². The lowest BCUT2D eigenvalue weighted by molar-refractivity contribution is 0.168. The van der Waals surface area contributed by atoms with Crippen LogP contribution in [0.3, 0.4) is 0 Å². The van der Waals surface area contributed by atoms with Crippen LogP contribution >= 0.6 is 11.3 Å². The Balaban J connectivity index is 2.54. The van der Waals surface area contributed by atoms with Crippen molar-refractivity contribution in [2.45, 2.75) is 26.8 Å². The van der Waals surface area contributed by atoms with Gasteiger partial charge in [-0.1, -0.05) is 6.92 Å². The molecule has 0 saturated carbocycles. The Morgan fingerprint density at radius 3 is 3.00 bits per heavy atom. The maximum atomic E-state index is 11.1. The number of aromatic nitrogens is 1. The molecule has 1 atom stereocenters. The van der Waals surface area contributed by atoms with Gasteiger partial charge in [-0.15, -0.1) is 11.3 Å². The highest BCUT2D eigenvalue weighted by Crippen LogP contribution is 2.20. The maximum absolute atomic E-state index is 11.1. The highest BCUT2D eigenvalue weighted by Gasteiger charge is 2.10. The Morgan fingerprint density at radius 1 is 1.62 bits per heavy atom. The first kappa shape index (κ1) is 12.9. The first-order valence-corrected chi connectivity index (χ1v) is 6.17. The van der Waals surface area contributed by atoms with Crippen LogP contribution < -0.4 is 10.6 Å². The third-order valence-corrected chi connectivity index (χ3v) is 2.74. The first-order chi connectivity index (χ1) is 7.67. The Hall–Kier alpha value is -1.14. The summed E-state index contributed by atoms with van der Waals surface area (Å²) in [6.45, 7) is 7.09. The summed E-state index contributed by atoms with van der Waals surface area (Å²) >= 11 is 1.39. The SMILES string of the molecule is CCNC(C)c1csc(NC(=O)OCC)n1. The highest BCUT2D eigenvalue weighted by molar-refractivity contribution is 7.13. The topological polar surface area (TPSA) is 63.2 Å². The van der Waals surface area contributed by atoms with Gasteiger partial charge in [0.1, 0.15) is 0 Å². The molecule has 0 aliphatic rings. The van der Waals surface area contributed by atoms with E-state index >= 15 is 0 Å². The zero-order valence-electron chi connectivity index (χ0n) is 9.74. The van der Waals surface area contributed by atoms with E-state index in [0.717, 1.165) is 12.2 Å². The molecule has 0 aromatic carbocycles. The summed E-state index contributed by atoms with van der Waals surface area (Å²) in [7, 11) is 0. The number of carbonyl (C=O) groups excluding carboxylic acids is 1. The van der Waals surface area contributed by atoms with Crippen LogP contribution in [0.1, 0.15) is 32.5 Å². The molecule has 16 heavy (non-hydrogen) atoms. The molecule has 1 aromatic rings. The van der Waals surface area contributed by atoms with Gasteiger partial charge in [-0.2, -0.15) is 0 Å². The van der Waals surface area contributed by atoms with Gasteiger partial charge < -0.3 is 10.1 Å². The number of thiazole rings is 1. The van der Waals surface area contributed by atoms with E-state index in [4.69, 9.17) is 4.74 Å². The van der Waals surface area contributed by atoms with Crippen LogP contribution in [0.4, 0.5) is 9.93 Å². The van der Waals surface area contributed by atoms with Gasteiger partial charge in [0.05, 0.1) is 12.3 Å². The number of ether oxygens (including phenoxy) is 1. The molecule has 0 bridgehead atoms. The van der Waals surface area contributed by atoms with E-state index < -0.39 is 6.09 Å². The molecule has 1 rings (SSSR count). The van der Waals surface area contributed by atoms with Gasteiger partial charge in [0.25, 0.3) is 0 Å². The molecule has 90 valence electrons. The van der Waals surface area contributed by atoms with Gasteiger partial charge in [-0.3, -0.25) is 5.32 Å². The van der Waals surface area contributed by atoms with Crippen molar-refractivity contribution < 1.29 is 9.53 Å². The van der Waals surface area contributed by atoms with E-state index in [1.165, 1.54) is 11.3 Å². The number of anilines is 1. The number of hydrogen-bond donors (Lipinski definition) is 2. The number of amides is 1. The quantitative estimate of drug-likeness (QED) is 0.833. The molecule has 0 radical (unpaired) electrons. The molecule has 6 heteroatoms. The predicted molar refractivity (Wildman–Crippen MR) is 64.9 cm³/mol. The fraction of sp³-hybridized carbons (Fsp3) is 0.600. The molecule has 5 nitrogen and oxygen atoms in total. The Bertz CT molecular complexity index is 341. The van der Waals surface area contributed by atoms with Crippen LogP contribution in [-0.2, 0) is 4.74 Å². The lowest BCUT2D eigenvalue weighted by Crippen LogP contribution is -2.18. The Labute approximate surface area is 99.2 Å². The summed E-state index contributed by atoms with van der Waals surface area (Å²) in [5, 5.41) is 8.33. The molecule has 0 aliphatic carbocycles. The number of hydrogen-bond acceptors (Lipinski definition) is 5. The second-order valence-electron chi connectivity index (χ2n) is 3.20. The van der Waals surface area contributed by atoms with E-state index in [1.54, 1.807) is 6.92 Å². The van der Waals surface area contributed by atoms with Crippen LogP contribution in [0.5, 0.6) is 0 Å². The summed E-state index contributed by atoms with van der Waals surface area (Å²) in [5.74, 6) is 0. The van der Waals surface area contributed by atoms with Gasteiger partial charge in [0.15, 0.2) is 5.13 Å². The normalized spacial score (nSPS) is 12.2. The van der Waals surface area contributed by atoms with Gasteiger partial charge in [-0.25, -0.2) is 9.78 Å². The van der Waals surface area contributed by atoms with Crippen molar-refractivity contribution in [3.05, 3.63) is 11.1 Å². The first-order valence-electron chi connectivity index (χ1n) is 5.30. The summed E-state index contributed by atoms with van der Waals surface area (Å²) in [4.78, 5) is 15.4. The second kappa shape index (κ2) is 6.44. The van der Waals surface area contributed by atoms with Gasteiger partial charge in [0, 0.05) is 11.4 Å². The summed E-state index contributed by atoms with van der Waals surface area (Å²) < 4.78 is 4.76. The van der Waals surface area contributed by atoms with Crippen molar-refractivity contribution in [2.24, 2.45) is 0 Å². The van der Waals surface area contributed by atoms with Crippen LogP contribution in [0.2, 0.25) is 0 Å². The van der Waals surface area contributed by atoms with Crippen LogP contribution in [0.25, 0.3) is 0 Å². The lowest BCUT2D eigenvalue weighted by atomic mass is 10.3. The Kier molecular flexibility index (Phi) is 5.21. The van der Waals surface area contributed by atoms with Crippen molar-refractivity contribution >= 4 is 22.6 Å². The lowest BCUT2D eigenvalue weighted by Gasteiger charge is -2.08. The number of carbonyl (C=O) groups is 1. The van der Waals surface area contributed by atoms with E-state index in [2.05, 4.69) is 15.6 Å². The third kappa shape index (κ3) is 3.79. The summed E-state index contributed by atoms with van der Waals surface area (Å²) in [5.41, 5.74) is 0.929. The zero-order chi connectivity index (χ0) is 12.0. The molecular formula is C10H17N3O2S. The average Bonchev–Trinajstić information content (AvgIpc) is 2.67. The maximum Gasteiger partial charge on any atom is 0.413 e. The standard InChI is InChI=1S/C10H17N3O2S/c1-4-11-7(3)8-6-16-9(12-8)13-10(14)15-5-2/h6-7,11H,4-5H2,1-3H3,(H,12,13,14). The van der Waals surface area contributed by atoms with E-state index in [0.29, 0.717) is 11.7 Å². The fourth-order valence-electron chi connectivity index (χ4n) is 1.21. The number of rotatable bonds is 5. The molecular weight excluding hydrogens is 226 g/mol. The molecule has 2 N–H and O–H groups in total. The van der Waals surface area contributed by atoms with Crippen molar-refractivity contribution in [3.8, 4) is 0 Å². The number of nitrogens with zero attached hydrogens (tertiary/aromatic N) is 1. The molecule has 1 amide bonds. The van der Waals surface area contributed by atoms with E-state index in [9.17, 15) is 4.79 Å². The van der Waals surface area contributed by atoms with E-state index in [1.807, 2.05) is 19.2 Å². The van der Waals surface area contributed by atoms with Crippen molar-refractivity contribution in [1.82, 2.24) is 10.3 Å². The molecule has 0 saturated heterocycles. The zero-order valence-corrected chi connectivity index (χ0v) is 10.6. The largest absolute Gasteiger partial charge is 0.450 e. The van der Waals surface area contributed by atoms with Crippen LogP contribution in [-0.4, -0.2) is 24.2 Å².